The first kappa shape index (κ1) is 24.8. The molecule has 1 atom stereocenters. The van der Waals surface area contributed by atoms with E-state index < -0.39 is 18.0 Å². The van der Waals surface area contributed by atoms with Crippen LogP contribution in [0.15, 0.2) is 42.0 Å². The molecule has 0 bridgehead atoms. The van der Waals surface area contributed by atoms with Crippen molar-refractivity contribution in [2.45, 2.75) is 32.9 Å². The average Bonchev–Trinajstić information content (AvgIpc) is 2.83. The predicted molar refractivity (Wildman–Crippen MR) is 126 cm³/mol. The first-order chi connectivity index (χ1) is 16.3. The van der Waals surface area contributed by atoms with Crippen LogP contribution in [0.3, 0.4) is 0 Å². The SMILES string of the molecule is CCOc1c(OC)cc(C2NC(=O)NC(c3ccc(OC)cc3)=C2C(=O)OC(C)C)cc1OC. The fourth-order valence-electron chi connectivity index (χ4n) is 3.65. The molecule has 1 heterocycles. The molecule has 34 heavy (non-hydrogen) atoms. The van der Waals surface area contributed by atoms with Crippen LogP contribution in [-0.2, 0) is 9.53 Å². The maximum Gasteiger partial charge on any atom is 0.338 e. The Morgan fingerprint density at radius 3 is 2.12 bits per heavy atom. The molecule has 0 saturated heterocycles. The van der Waals surface area contributed by atoms with Crippen LogP contribution >= 0.6 is 0 Å². The van der Waals surface area contributed by atoms with Gasteiger partial charge in [0.1, 0.15) is 5.75 Å². The van der Waals surface area contributed by atoms with E-state index in [2.05, 4.69) is 10.6 Å². The van der Waals surface area contributed by atoms with Gasteiger partial charge in [-0.25, -0.2) is 9.59 Å². The Morgan fingerprint density at radius 1 is 1.00 bits per heavy atom. The summed E-state index contributed by atoms with van der Waals surface area (Å²) in [7, 11) is 4.58. The highest BCUT2D eigenvalue weighted by molar-refractivity contribution is 6.04. The van der Waals surface area contributed by atoms with Gasteiger partial charge in [-0.05, 0) is 68.3 Å². The molecular formula is C25H30N2O7. The van der Waals surface area contributed by atoms with Gasteiger partial charge in [0.25, 0.3) is 0 Å². The summed E-state index contributed by atoms with van der Waals surface area (Å²) in [5, 5.41) is 5.59. The second kappa shape index (κ2) is 10.8. The van der Waals surface area contributed by atoms with Crippen LogP contribution < -0.4 is 29.6 Å². The molecule has 0 radical (unpaired) electrons. The van der Waals surface area contributed by atoms with Gasteiger partial charge in [-0.15, -0.1) is 0 Å². The molecule has 2 aromatic carbocycles. The minimum atomic E-state index is -0.837. The number of amides is 2. The standard InChI is InChI=1S/C25H30N2O7/c1-7-33-23-18(31-5)12-16(13-19(23)32-6)22-20(24(28)34-14(2)3)21(26-25(29)27-22)15-8-10-17(30-4)11-9-15/h8-14,22H,7H2,1-6H3,(H2,26,27,29). The number of carbonyl (C=O) groups is 2. The van der Waals surface area contributed by atoms with E-state index in [1.165, 1.54) is 14.2 Å². The summed E-state index contributed by atoms with van der Waals surface area (Å²) in [6.07, 6.45) is -0.361. The van der Waals surface area contributed by atoms with Gasteiger partial charge in [-0.1, -0.05) is 0 Å². The summed E-state index contributed by atoms with van der Waals surface area (Å²) in [4.78, 5) is 26.0. The van der Waals surface area contributed by atoms with Crippen molar-refractivity contribution in [2.75, 3.05) is 27.9 Å². The third kappa shape index (κ3) is 5.19. The number of ether oxygens (including phenoxy) is 5. The number of carbonyl (C=O) groups excluding carboxylic acids is 2. The number of benzene rings is 2. The molecule has 1 aliphatic heterocycles. The maximum atomic E-state index is 13.3. The second-order valence-electron chi connectivity index (χ2n) is 7.69. The number of hydrogen-bond donors (Lipinski definition) is 2. The summed E-state index contributed by atoms with van der Waals surface area (Å²) in [6, 6.07) is 9.13. The number of urea groups is 1. The molecule has 2 amide bonds. The molecule has 2 aromatic rings. The molecule has 3 rings (SSSR count). The number of nitrogens with one attached hydrogen (secondary N) is 2. The Morgan fingerprint density at radius 2 is 1.62 bits per heavy atom. The summed E-state index contributed by atoms with van der Waals surface area (Å²) in [6.45, 7) is 5.78. The Hall–Kier alpha value is -3.88. The molecular weight excluding hydrogens is 440 g/mol. The van der Waals surface area contributed by atoms with Gasteiger partial charge in [0.2, 0.25) is 5.75 Å². The van der Waals surface area contributed by atoms with Crippen LogP contribution in [0.25, 0.3) is 5.70 Å². The molecule has 9 nitrogen and oxygen atoms in total. The summed E-state index contributed by atoms with van der Waals surface area (Å²) in [5.41, 5.74) is 1.77. The largest absolute Gasteiger partial charge is 0.497 e. The number of esters is 1. The van der Waals surface area contributed by atoms with Crippen molar-refractivity contribution in [2.24, 2.45) is 0 Å². The Kier molecular flexibility index (Phi) is 7.88. The van der Waals surface area contributed by atoms with Gasteiger partial charge in [0, 0.05) is 0 Å². The van der Waals surface area contributed by atoms with E-state index in [0.717, 1.165) is 0 Å². The smallest absolute Gasteiger partial charge is 0.338 e. The lowest BCUT2D eigenvalue weighted by molar-refractivity contribution is -0.143. The van der Waals surface area contributed by atoms with Crippen molar-refractivity contribution in [1.82, 2.24) is 10.6 Å². The zero-order valence-corrected chi connectivity index (χ0v) is 20.2. The van der Waals surface area contributed by atoms with Crippen LogP contribution in [0.2, 0.25) is 0 Å². The maximum absolute atomic E-state index is 13.3. The normalized spacial score (nSPS) is 15.4. The average molecular weight is 471 g/mol. The van der Waals surface area contributed by atoms with Crippen molar-refractivity contribution in [3.63, 3.8) is 0 Å². The highest BCUT2D eigenvalue weighted by atomic mass is 16.5. The van der Waals surface area contributed by atoms with E-state index in [1.54, 1.807) is 57.4 Å². The minimum absolute atomic E-state index is 0.242. The molecule has 0 fully saturated rings. The van der Waals surface area contributed by atoms with Crippen LogP contribution in [0.1, 0.15) is 37.9 Å². The molecule has 0 aliphatic carbocycles. The molecule has 0 spiro atoms. The predicted octanol–water partition coefficient (Wildman–Crippen LogP) is 3.83. The zero-order valence-electron chi connectivity index (χ0n) is 20.2. The molecule has 0 saturated carbocycles. The third-order valence-electron chi connectivity index (χ3n) is 5.12. The summed E-state index contributed by atoms with van der Waals surface area (Å²) < 4.78 is 27.5. The minimum Gasteiger partial charge on any atom is -0.497 e. The molecule has 0 aromatic heterocycles. The van der Waals surface area contributed by atoms with E-state index in [-0.39, 0.29) is 11.7 Å². The van der Waals surface area contributed by atoms with Crippen molar-refractivity contribution < 1.29 is 33.3 Å². The van der Waals surface area contributed by atoms with Crippen LogP contribution in [0.5, 0.6) is 23.0 Å². The third-order valence-corrected chi connectivity index (χ3v) is 5.12. The summed E-state index contributed by atoms with van der Waals surface area (Å²) in [5.74, 6) is 1.33. The van der Waals surface area contributed by atoms with Gasteiger partial charge in [0.15, 0.2) is 11.5 Å². The first-order valence-corrected chi connectivity index (χ1v) is 10.9. The lowest BCUT2D eigenvalue weighted by atomic mass is 9.92. The monoisotopic (exact) mass is 470 g/mol. The molecule has 9 heteroatoms. The van der Waals surface area contributed by atoms with E-state index in [9.17, 15) is 9.59 Å². The van der Waals surface area contributed by atoms with Gasteiger partial charge < -0.3 is 34.3 Å². The van der Waals surface area contributed by atoms with E-state index in [1.807, 2.05) is 6.92 Å². The molecule has 182 valence electrons. The molecule has 1 unspecified atom stereocenters. The van der Waals surface area contributed by atoms with Crippen molar-refractivity contribution in [3.05, 3.63) is 53.1 Å². The topological polar surface area (TPSA) is 104 Å². The van der Waals surface area contributed by atoms with E-state index in [4.69, 9.17) is 23.7 Å². The highest BCUT2D eigenvalue weighted by Crippen LogP contribution is 2.42. The lowest BCUT2D eigenvalue weighted by Gasteiger charge is -2.30. The lowest BCUT2D eigenvalue weighted by Crippen LogP contribution is -2.45. The first-order valence-electron chi connectivity index (χ1n) is 10.9. The fraction of sp³-hybridized carbons (Fsp3) is 0.360. The second-order valence-corrected chi connectivity index (χ2v) is 7.69. The van der Waals surface area contributed by atoms with Gasteiger partial charge in [-0.2, -0.15) is 0 Å². The Labute approximate surface area is 199 Å². The highest BCUT2D eigenvalue weighted by Gasteiger charge is 2.36. The number of methoxy groups -OCH3 is 3. The summed E-state index contributed by atoms with van der Waals surface area (Å²) >= 11 is 0. The van der Waals surface area contributed by atoms with Crippen LogP contribution in [0, 0.1) is 0 Å². The van der Waals surface area contributed by atoms with Crippen LogP contribution in [0.4, 0.5) is 4.79 Å². The van der Waals surface area contributed by atoms with Crippen molar-refractivity contribution in [1.29, 1.82) is 0 Å². The van der Waals surface area contributed by atoms with Crippen LogP contribution in [-0.4, -0.2) is 46.0 Å². The van der Waals surface area contributed by atoms with Crippen molar-refractivity contribution in [3.8, 4) is 23.0 Å². The number of rotatable bonds is 9. The molecule has 1 aliphatic rings. The van der Waals surface area contributed by atoms with E-state index in [0.29, 0.717) is 46.4 Å². The van der Waals surface area contributed by atoms with Gasteiger partial charge in [0.05, 0.1) is 51.4 Å². The van der Waals surface area contributed by atoms with Gasteiger partial charge in [-0.3, -0.25) is 0 Å². The fourth-order valence-corrected chi connectivity index (χ4v) is 3.65. The number of hydrogen-bond acceptors (Lipinski definition) is 7. The Balaban J connectivity index is 2.22. The Bertz CT molecular complexity index is 1050. The zero-order chi connectivity index (χ0) is 24.8. The quantitative estimate of drug-likeness (QED) is 0.537. The van der Waals surface area contributed by atoms with Gasteiger partial charge >= 0.3 is 12.0 Å². The van der Waals surface area contributed by atoms with Crippen molar-refractivity contribution >= 4 is 17.7 Å². The molecule has 2 N–H and O–H groups in total. The van der Waals surface area contributed by atoms with E-state index >= 15 is 0 Å².